The fourth-order valence-electron chi connectivity index (χ4n) is 3.78. The van der Waals surface area contributed by atoms with Crippen molar-refractivity contribution in [2.75, 3.05) is 32.1 Å². The molecule has 3 aromatic rings. The van der Waals surface area contributed by atoms with Crippen LogP contribution in [0.1, 0.15) is 33.9 Å². The Balaban J connectivity index is 1.58. The third-order valence-corrected chi connectivity index (χ3v) is 5.59. The lowest BCUT2D eigenvalue weighted by Gasteiger charge is -2.22. The number of carbonyl (C=O) groups is 1. The zero-order chi connectivity index (χ0) is 22.2. The summed E-state index contributed by atoms with van der Waals surface area (Å²) in [5.41, 5.74) is 6.61. The minimum Gasteiger partial charge on any atom is -0.363 e. The maximum atomic E-state index is 12.5. The van der Waals surface area contributed by atoms with Crippen LogP contribution in [0.15, 0.2) is 72.8 Å². The first-order valence-electron chi connectivity index (χ1n) is 10.8. The second kappa shape index (κ2) is 10.9. The van der Waals surface area contributed by atoms with Gasteiger partial charge in [0.25, 0.3) is 5.91 Å². The molecule has 0 saturated carbocycles. The number of ether oxygens (including phenoxy) is 1. The smallest absolute Gasteiger partial charge is 0.279 e. The minimum absolute atomic E-state index is 0.0217. The van der Waals surface area contributed by atoms with E-state index < -0.39 is 0 Å². The Morgan fingerprint density at radius 3 is 2.16 bits per heavy atom. The molecule has 0 radical (unpaired) electrons. The number of amides is 1. The molecule has 4 heteroatoms. The van der Waals surface area contributed by atoms with E-state index in [-0.39, 0.29) is 12.0 Å². The highest BCUT2D eigenvalue weighted by Gasteiger charge is 2.18. The third kappa shape index (κ3) is 6.27. The van der Waals surface area contributed by atoms with Gasteiger partial charge < -0.3 is 15.0 Å². The number of para-hydroxylation sites is 1. The Labute approximate surface area is 185 Å². The van der Waals surface area contributed by atoms with Gasteiger partial charge in [0.2, 0.25) is 0 Å². The number of carbonyl (C=O) groups excluding carboxylic acids is 1. The summed E-state index contributed by atoms with van der Waals surface area (Å²) in [4.78, 5) is 13.7. The lowest BCUT2D eigenvalue weighted by molar-refractivity contribution is -0.871. The summed E-state index contributed by atoms with van der Waals surface area (Å²) in [6.45, 7) is 7.86. The molecular weight excluding hydrogens is 384 g/mol. The Morgan fingerprint density at radius 2 is 1.48 bits per heavy atom. The summed E-state index contributed by atoms with van der Waals surface area (Å²) < 4.78 is 6.35. The van der Waals surface area contributed by atoms with Gasteiger partial charge in [0.05, 0.1) is 13.7 Å². The van der Waals surface area contributed by atoms with Crippen molar-refractivity contribution in [2.24, 2.45) is 0 Å². The van der Waals surface area contributed by atoms with Crippen LogP contribution in [0, 0.1) is 20.8 Å². The average Bonchev–Trinajstić information content (AvgIpc) is 2.75. The van der Waals surface area contributed by atoms with Crippen molar-refractivity contribution in [3.05, 3.63) is 101 Å². The number of rotatable bonds is 9. The summed E-state index contributed by atoms with van der Waals surface area (Å²) in [5.74, 6) is 0.0217. The van der Waals surface area contributed by atoms with Crippen molar-refractivity contribution in [2.45, 2.75) is 26.9 Å². The lowest BCUT2D eigenvalue weighted by atomic mass is 9.97. The highest BCUT2D eigenvalue weighted by atomic mass is 16.5. The van der Waals surface area contributed by atoms with Crippen LogP contribution in [0.3, 0.4) is 0 Å². The normalized spacial score (nSPS) is 12.9. The molecule has 162 valence electrons. The second-order valence-electron chi connectivity index (χ2n) is 8.22. The van der Waals surface area contributed by atoms with Crippen LogP contribution in [0.25, 0.3) is 0 Å². The van der Waals surface area contributed by atoms with E-state index in [4.69, 9.17) is 4.74 Å². The molecule has 0 spiro atoms. The molecule has 3 aromatic carbocycles. The van der Waals surface area contributed by atoms with Crippen molar-refractivity contribution >= 4 is 11.6 Å². The van der Waals surface area contributed by atoms with E-state index in [9.17, 15) is 4.79 Å². The summed E-state index contributed by atoms with van der Waals surface area (Å²) in [7, 11) is 2.03. The first kappa shape index (κ1) is 22.7. The number of quaternary nitrogens is 1. The van der Waals surface area contributed by atoms with Gasteiger partial charge in [0.1, 0.15) is 12.6 Å². The highest BCUT2D eigenvalue weighted by molar-refractivity contribution is 5.93. The molecule has 2 atom stereocenters. The molecule has 0 bridgehead atoms. The van der Waals surface area contributed by atoms with E-state index >= 15 is 0 Å². The zero-order valence-corrected chi connectivity index (χ0v) is 18.9. The zero-order valence-electron chi connectivity index (χ0n) is 18.9. The number of anilines is 1. The van der Waals surface area contributed by atoms with Gasteiger partial charge in [-0.1, -0.05) is 72.8 Å². The summed E-state index contributed by atoms with van der Waals surface area (Å²) in [6, 6.07) is 24.7. The van der Waals surface area contributed by atoms with E-state index in [2.05, 4.69) is 42.6 Å². The third-order valence-electron chi connectivity index (χ3n) is 5.59. The molecule has 0 saturated heterocycles. The summed E-state index contributed by atoms with van der Waals surface area (Å²) in [5, 5.41) is 3.07. The number of likely N-dealkylation sites (N-methyl/N-ethyl adjacent to an activating group) is 1. The predicted molar refractivity (Wildman–Crippen MR) is 127 cm³/mol. The molecule has 0 aliphatic carbocycles. The maximum absolute atomic E-state index is 12.5. The van der Waals surface area contributed by atoms with Gasteiger partial charge in [0.15, 0.2) is 6.54 Å². The Morgan fingerprint density at radius 1 is 0.871 bits per heavy atom. The van der Waals surface area contributed by atoms with Gasteiger partial charge >= 0.3 is 0 Å². The molecular formula is C27H33N2O2+. The molecule has 0 aromatic heterocycles. The molecule has 0 heterocycles. The van der Waals surface area contributed by atoms with Crippen molar-refractivity contribution < 1.29 is 14.4 Å². The Bertz CT molecular complexity index is 981. The second-order valence-corrected chi connectivity index (χ2v) is 8.22. The largest absolute Gasteiger partial charge is 0.363 e. The number of hydrogen-bond donors (Lipinski definition) is 2. The molecule has 1 unspecified atom stereocenters. The van der Waals surface area contributed by atoms with Crippen LogP contribution in [0.5, 0.6) is 0 Å². The molecule has 0 aliphatic heterocycles. The lowest BCUT2D eigenvalue weighted by Crippen LogP contribution is -3.10. The standard InChI is InChI=1S/C27H32N2O2/c1-20-11-8-9-16-24(20)27(23-14-6-5-7-15-23)31-18-17-29(4)19-25(30)28-26-21(2)12-10-13-22(26)3/h5-16,27H,17-19H2,1-4H3,(H,28,30)/p+1/t27-/m0/s1. The Hall–Kier alpha value is -2.95. The van der Waals surface area contributed by atoms with E-state index in [0.29, 0.717) is 13.2 Å². The fourth-order valence-corrected chi connectivity index (χ4v) is 3.78. The van der Waals surface area contributed by atoms with Crippen molar-refractivity contribution in [1.29, 1.82) is 0 Å². The van der Waals surface area contributed by atoms with E-state index in [1.54, 1.807) is 0 Å². The van der Waals surface area contributed by atoms with Gasteiger partial charge in [-0.2, -0.15) is 0 Å². The predicted octanol–water partition coefficient (Wildman–Crippen LogP) is 3.87. The van der Waals surface area contributed by atoms with Crippen LogP contribution in [0.4, 0.5) is 5.69 Å². The molecule has 31 heavy (non-hydrogen) atoms. The molecule has 2 N–H and O–H groups in total. The van der Waals surface area contributed by atoms with Crippen LogP contribution < -0.4 is 10.2 Å². The number of aryl methyl sites for hydroxylation is 3. The minimum atomic E-state index is -0.112. The number of hydrogen-bond acceptors (Lipinski definition) is 2. The summed E-state index contributed by atoms with van der Waals surface area (Å²) >= 11 is 0. The Kier molecular flexibility index (Phi) is 7.99. The molecule has 0 fully saturated rings. The van der Waals surface area contributed by atoms with Crippen molar-refractivity contribution in [3.8, 4) is 0 Å². The van der Waals surface area contributed by atoms with E-state index in [0.717, 1.165) is 33.8 Å². The van der Waals surface area contributed by atoms with Crippen molar-refractivity contribution in [1.82, 2.24) is 0 Å². The van der Waals surface area contributed by atoms with Gasteiger partial charge in [-0.15, -0.1) is 0 Å². The molecule has 4 nitrogen and oxygen atoms in total. The summed E-state index contributed by atoms with van der Waals surface area (Å²) in [6.07, 6.45) is -0.112. The van der Waals surface area contributed by atoms with Crippen LogP contribution in [0.2, 0.25) is 0 Å². The number of benzene rings is 3. The maximum Gasteiger partial charge on any atom is 0.279 e. The quantitative estimate of drug-likeness (QED) is 0.555. The van der Waals surface area contributed by atoms with Gasteiger partial charge in [-0.3, -0.25) is 4.79 Å². The van der Waals surface area contributed by atoms with Crippen LogP contribution in [-0.2, 0) is 9.53 Å². The average molecular weight is 418 g/mol. The van der Waals surface area contributed by atoms with Crippen LogP contribution in [-0.4, -0.2) is 32.7 Å². The van der Waals surface area contributed by atoms with E-state index in [1.807, 2.05) is 63.4 Å². The molecule has 1 amide bonds. The monoisotopic (exact) mass is 417 g/mol. The van der Waals surface area contributed by atoms with Gasteiger partial charge in [0, 0.05) is 5.69 Å². The van der Waals surface area contributed by atoms with Crippen LogP contribution >= 0.6 is 0 Å². The van der Waals surface area contributed by atoms with Gasteiger partial charge in [-0.25, -0.2) is 0 Å². The fraction of sp³-hybridized carbons (Fsp3) is 0.296. The topological polar surface area (TPSA) is 42.8 Å². The highest BCUT2D eigenvalue weighted by Crippen LogP contribution is 2.28. The first-order valence-corrected chi connectivity index (χ1v) is 10.8. The number of nitrogens with one attached hydrogen (secondary N) is 2. The molecule has 0 aliphatic rings. The first-order chi connectivity index (χ1) is 15.0. The van der Waals surface area contributed by atoms with E-state index in [1.165, 1.54) is 11.1 Å². The molecule has 3 rings (SSSR count). The van der Waals surface area contributed by atoms with Crippen molar-refractivity contribution in [3.63, 3.8) is 0 Å². The van der Waals surface area contributed by atoms with Gasteiger partial charge in [-0.05, 0) is 48.6 Å². The SMILES string of the molecule is Cc1ccccc1[C@@H](OCC[NH+](C)CC(=O)Nc1c(C)cccc1C)c1ccccc1.